The highest BCUT2D eigenvalue weighted by Gasteiger charge is 2.29. The maximum atomic E-state index is 13.2. The van der Waals surface area contributed by atoms with Crippen LogP contribution in [0.4, 0.5) is 5.82 Å². The summed E-state index contributed by atoms with van der Waals surface area (Å²) in [6.07, 6.45) is 1.45. The van der Waals surface area contributed by atoms with Crippen molar-refractivity contribution in [3.05, 3.63) is 41.3 Å². The van der Waals surface area contributed by atoms with Gasteiger partial charge in [0.1, 0.15) is 5.75 Å². The number of phenols is 1. The number of carbonyl (C=O) groups is 2. The fourth-order valence-corrected chi connectivity index (χ4v) is 3.39. The fourth-order valence-electron chi connectivity index (χ4n) is 3.39. The molecule has 2 aromatic heterocycles. The van der Waals surface area contributed by atoms with E-state index in [0.717, 1.165) is 17.8 Å². The molecule has 0 aliphatic heterocycles. The van der Waals surface area contributed by atoms with Crippen LogP contribution in [0.15, 0.2) is 24.3 Å². The normalized spacial score (nSPS) is 11.0. The standard InChI is InChI=1S/C20H25N5O3/c1-6-11-22(4)19(28)17-18(23(5)12-26)21-20-24(13(2)14(3)25(17)20)15-9-7-8-10-16(15)27/h7-10,12,27H,6,11H2,1-5H3. The van der Waals surface area contributed by atoms with Gasteiger partial charge in [-0.3, -0.25) is 18.6 Å². The van der Waals surface area contributed by atoms with E-state index >= 15 is 0 Å². The van der Waals surface area contributed by atoms with Crippen LogP contribution in [-0.2, 0) is 4.79 Å². The molecule has 0 unspecified atom stereocenters. The first-order chi connectivity index (χ1) is 13.3. The van der Waals surface area contributed by atoms with Crippen molar-refractivity contribution >= 4 is 23.9 Å². The van der Waals surface area contributed by atoms with Gasteiger partial charge in [0.2, 0.25) is 12.2 Å². The smallest absolute Gasteiger partial charge is 0.274 e. The molecule has 0 saturated carbocycles. The monoisotopic (exact) mass is 383 g/mol. The number of anilines is 1. The van der Waals surface area contributed by atoms with Gasteiger partial charge in [-0.05, 0) is 32.4 Å². The maximum absolute atomic E-state index is 13.2. The van der Waals surface area contributed by atoms with Gasteiger partial charge in [0, 0.05) is 32.0 Å². The van der Waals surface area contributed by atoms with Crippen LogP contribution in [0.25, 0.3) is 11.5 Å². The summed E-state index contributed by atoms with van der Waals surface area (Å²) in [5.74, 6) is 0.640. The van der Waals surface area contributed by atoms with Gasteiger partial charge in [-0.15, -0.1) is 0 Å². The van der Waals surface area contributed by atoms with E-state index in [1.807, 2.05) is 26.8 Å². The van der Waals surface area contributed by atoms with Crippen molar-refractivity contribution in [2.45, 2.75) is 27.2 Å². The maximum Gasteiger partial charge on any atom is 0.274 e. The fraction of sp³-hybridized carbons (Fsp3) is 0.350. The molecule has 1 N–H and O–H groups in total. The molecule has 0 spiro atoms. The molecule has 3 aromatic rings. The van der Waals surface area contributed by atoms with Gasteiger partial charge in [-0.2, -0.15) is 4.98 Å². The molecule has 0 aliphatic carbocycles. The number of aromatic hydroxyl groups is 1. The van der Waals surface area contributed by atoms with Gasteiger partial charge < -0.3 is 14.9 Å². The molecule has 0 saturated heterocycles. The summed E-state index contributed by atoms with van der Waals surface area (Å²) < 4.78 is 3.55. The zero-order chi connectivity index (χ0) is 20.6. The Morgan fingerprint density at radius 1 is 1.21 bits per heavy atom. The van der Waals surface area contributed by atoms with Crippen molar-refractivity contribution in [1.29, 1.82) is 0 Å². The summed E-state index contributed by atoms with van der Waals surface area (Å²) in [5.41, 5.74) is 2.54. The topological polar surface area (TPSA) is 83.1 Å². The molecule has 148 valence electrons. The first kappa shape index (κ1) is 19.5. The Balaban J connectivity index is 2.37. The minimum atomic E-state index is -0.212. The minimum absolute atomic E-state index is 0.104. The van der Waals surface area contributed by atoms with Crippen LogP contribution >= 0.6 is 0 Å². The zero-order valence-corrected chi connectivity index (χ0v) is 16.8. The first-order valence-electron chi connectivity index (χ1n) is 9.15. The van der Waals surface area contributed by atoms with Crippen LogP contribution in [0.3, 0.4) is 0 Å². The molecule has 0 radical (unpaired) electrons. The van der Waals surface area contributed by atoms with Gasteiger partial charge in [0.05, 0.1) is 5.69 Å². The summed E-state index contributed by atoms with van der Waals surface area (Å²) in [5, 5.41) is 10.4. The number of benzene rings is 1. The van der Waals surface area contributed by atoms with Gasteiger partial charge in [0.25, 0.3) is 5.91 Å². The van der Waals surface area contributed by atoms with Crippen molar-refractivity contribution in [3.63, 3.8) is 0 Å². The van der Waals surface area contributed by atoms with Crippen molar-refractivity contribution in [3.8, 4) is 11.4 Å². The second kappa shape index (κ2) is 7.38. The third-order valence-corrected chi connectivity index (χ3v) is 4.96. The van der Waals surface area contributed by atoms with E-state index < -0.39 is 0 Å². The predicted molar refractivity (Wildman–Crippen MR) is 107 cm³/mol. The van der Waals surface area contributed by atoms with E-state index in [0.29, 0.717) is 30.1 Å². The van der Waals surface area contributed by atoms with Gasteiger partial charge in [-0.25, -0.2) is 0 Å². The number of fused-ring (bicyclic) bond motifs is 1. The van der Waals surface area contributed by atoms with Gasteiger partial charge in [0.15, 0.2) is 11.5 Å². The number of imidazole rings is 2. The Hall–Kier alpha value is -3.29. The Bertz CT molecular complexity index is 1050. The van der Waals surface area contributed by atoms with Crippen molar-refractivity contribution in [2.24, 2.45) is 0 Å². The number of aryl methyl sites for hydroxylation is 1. The minimum Gasteiger partial charge on any atom is -0.506 e. The number of aromatic nitrogens is 3. The lowest BCUT2D eigenvalue weighted by Gasteiger charge is -2.18. The molecule has 2 amide bonds. The number of carbonyl (C=O) groups excluding carboxylic acids is 2. The van der Waals surface area contributed by atoms with Crippen LogP contribution in [0.1, 0.15) is 35.2 Å². The number of amides is 2. The molecule has 0 fully saturated rings. The van der Waals surface area contributed by atoms with Crippen LogP contribution in [-0.4, -0.2) is 56.9 Å². The number of hydrogen-bond acceptors (Lipinski definition) is 4. The van der Waals surface area contributed by atoms with E-state index in [2.05, 4.69) is 4.98 Å². The predicted octanol–water partition coefficient (Wildman–Crippen LogP) is 2.52. The summed E-state index contributed by atoms with van der Waals surface area (Å²) >= 11 is 0. The Kier molecular flexibility index (Phi) is 5.13. The van der Waals surface area contributed by atoms with Gasteiger partial charge >= 0.3 is 0 Å². The van der Waals surface area contributed by atoms with E-state index in [-0.39, 0.29) is 17.5 Å². The Labute approximate surface area is 163 Å². The highest BCUT2D eigenvalue weighted by atomic mass is 16.3. The molecule has 3 rings (SSSR count). The lowest BCUT2D eigenvalue weighted by Crippen LogP contribution is -2.30. The summed E-state index contributed by atoms with van der Waals surface area (Å²) in [6, 6.07) is 6.95. The average Bonchev–Trinajstić information content (AvgIpc) is 3.17. The lowest BCUT2D eigenvalue weighted by atomic mass is 10.2. The van der Waals surface area contributed by atoms with Crippen LogP contribution in [0.2, 0.25) is 0 Å². The van der Waals surface area contributed by atoms with Gasteiger partial charge in [-0.1, -0.05) is 19.1 Å². The molecule has 8 nitrogen and oxygen atoms in total. The molecular weight excluding hydrogens is 358 g/mol. The number of rotatable bonds is 6. The van der Waals surface area contributed by atoms with Crippen molar-refractivity contribution < 1.29 is 14.7 Å². The largest absolute Gasteiger partial charge is 0.506 e. The van der Waals surface area contributed by atoms with Crippen molar-refractivity contribution in [1.82, 2.24) is 18.9 Å². The second-order valence-corrected chi connectivity index (χ2v) is 6.86. The molecule has 0 aliphatic rings. The molecule has 0 atom stereocenters. The van der Waals surface area contributed by atoms with Crippen molar-refractivity contribution in [2.75, 3.05) is 25.5 Å². The van der Waals surface area contributed by atoms with E-state index in [9.17, 15) is 14.7 Å². The molecule has 2 heterocycles. The summed E-state index contributed by atoms with van der Waals surface area (Å²) in [6.45, 7) is 6.39. The highest BCUT2D eigenvalue weighted by molar-refractivity contribution is 6.00. The Morgan fingerprint density at radius 2 is 1.89 bits per heavy atom. The van der Waals surface area contributed by atoms with E-state index in [4.69, 9.17) is 0 Å². The number of hydrogen-bond donors (Lipinski definition) is 1. The highest BCUT2D eigenvalue weighted by Crippen LogP contribution is 2.31. The first-order valence-corrected chi connectivity index (χ1v) is 9.15. The number of nitrogens with zero attached hydrogens (tertiary/aromatic N) is 5. The SMILES string of the molecule is CCCN(C)C(=O)c1c(N(C)C=O)nc2n(-c3ccccc3O)c(C)c(C)n12. The number of phenolic OH excluding ortho intramolecular Hbond substituents is 1. The average molecular weight is 383 g/mol. The quantitative estimate of drug-likeness (QED) is 0.663. The zero-order valence-electron chi connectivity index (χ0n) is 16.8. The van der Waals surface area contributed by atoms with E-state index in [1.165, 1.54) is 4.90 Å². The van der Waals surface area contributed by atoms with E-state index in [1.54, 1.807) is 46.2 Å². The third-order valence-electron chi connectivity index (χ3n) is 4.96. The summed E-state index contributed by atoms with van der Waals surface area (Å²) in [4.78, 5) is 32.2. The second-order valence-electron chi connectivity index (χ2n) is 6.86. The molecule has 0 bridgehead atoms. The Morgan fingerprint density at radius 3 is 2.50 bits per heavy atom. The molecule has 1 aromatic carbocycles. The number of para-hydroxylation sites is 2. The molecular formula is C20H25N5O3. The van der Waals surface area contributed by atoms with Crippen LogP contribution in [0, 0.1) is 13.8 Å². The molecule has 28 heavy (non-hydrogen) atoms. The van der Waals surface area contributed by atoms with Crippen LogP contribution in [0.5, 0.6) is 5.75 Å². The lowest BCUT2D eigenvalue weighted by molar-refractivity contribution is -0.107. The summed E-state index contributed by atoms with van der Waals surface area (Å²) in [7, 11) is 3.30. The van der Waals surface area contributed by atoms with Crippen LogP contribution < -0.4 is 4.90 Å². The third kappa shape index (κ3) is 2.90. The molecule has 8 heteroatoms.